The van der Waals surface area contributed by atoms with Crippen LogP contribution in [0.1, 0.15) is 12.0 Å². The molecule has 1 amide bonds. The Morgan fingerprint density at radius 2 is 1.84 bits per heavy atom. The SMILES string of the molecule is O=C(COC(=O)CCc1c[nH]c2ccccc12)Nc1ccccc1Cl. The molecule has 2 aromatic carbocycles. The first kappa shape index (κ1) is 17.0. The fraction of sp³-hybridized carbons (Fsp3) is 0.158. The molecule has 128 valence electrons. The third kappa shape index (κ3) is 4.39. The van der Waals surface area contributed by atoms with E-state index in [0.717, 1.165) is 16.5 Å². The molecule has 3 rings (SSSR count). The lowest BCUT2D eigenvalue weighted by Crippen LogP contribution is -2.21. The van der Waals surface area contributed by atoms with Gasteiger partial charge in [0.05, 0.1) is 10.7 Å². The summed E-state index contributed by atoms with van der Waals surface area (Å²) in [6.07, 6.45) is 2.65. The molecule has 0 radical (unpaired) electrons. The van der Waals surface area contributed by atoms with Crippen molar-refractivity contribution in [3.05, 3.63) is 65.3 Å². The summed E-state index contributed by atoms with van der Waals surface area (Å²) in [5.41, 5.74) is 2.57. The molecule has 1 heterocycles. The van der Waals surface area contributed by atoms with Crippen molar-refractivity contribution in [2.75, 3.05) is 11.9 Å². The molecular weight excluding hydrogens is 340 g/mol. The number of aromatic amines is 1. The van der Waals surface area contributed by atoms with E-state index in [1.807, 2.05) is 30.5 Å². The molecule has 0 aliphatic carbocycles. The average molecular weight is 357 g/mol. The Bertz CT molecular complexity index is 904. The molecule has 0 fully saturated rings. The summed E-state index contributed by atoms with van der Waals surface area (Å²) < 4.78 is 5.02. The number of aryl methyl sites for hydroxylation is 1. The van der Waals surface area contributed by atoms with E-state index < -0.39 is 11.9 Å². The predicted molar refractivity (Wildman–Crippen MR) is 97.7 cm³/mol. The lowest BCUT2D eigenvalue weighted by atomic mass is 10.1. The second-order valence-electron chi connectivity index (χ2n) is 5.55. The van der Waals surface area contributed by atoms with Crippen LogP contribution in [-0.4, -0.2) is 23.5 Å². The van der Waals surface area contributed by atoms with Gasteiger partial charge in [0.15, 0.2) is 6.61 Å². The zero-order valence-electron chi connectivity index (χ0n) is 13.4. The molecule has 25 heavy (non-hydrogen) atoms. The van der Waals surface area contributed by atoms with Crippen LogP contribution in [0.15, 0.2) is 54.7 Å². The number of benzene rings is 2. The Morgan fingerprint density at radius 3 is 2.68 bits per heavy atom. The average Bonchev–Trinajstić information content (AvgIpc) is 3.03. The monoisotopic (exact) mass is 356 g/mol. The van der Waals surface area contributed by atoms with Crippen LogP contribution in [0.2, 0.25) is 5.02 Å². The summed E-state index contributed by atoms with van der Waals surface area (Å²) >= 11 is 5.96. The molecule has 0 bridgehead atoms. The summed E-state index contributed by atoms with van der Waals surface area (Å²) in [5.74, 6) is -0.840. The fourth-order valence-corrected chi connectivity index (χ4v) is 2.73. The number of fused-ring (bicyclic) bond motifs is 1. The van der Waals surface area contributed by atoms with Crippen LogP contribution < -0.4 is 5.32 Å². The van der Waals surface area contributed by atoms with Crippen molar-refractivity contribution in [3.63, 3.8) is 0 Å². The summed E-state index contributed by atoms with van der Waals surface area (Å²) in [6.45, 7) is -0.335. The molecule has 0 aliphatic rings. The number of para-hydroxylation sites is 2. The number of aromatic nitrogens is 1. The van der Waals surface area contributed by atoms with Crippen LogP contribution >= 0.6 is 11.6 Å². The topological polar surface area (TPSA) is 71.2 Å². The van der Waals surface area contributed by atoms with Crippen LogP contribution in [0.4, 0.5) is 5.69 Å². The number of nitrogens with one attached hydrogen (secondary N) is 2. The first-order chi connectivity index (χ1) is 12.1. The highest BCUT2D eigenvalue weighted by Gasteiger charge is 2.11. The minimum Gasteiger partial charge on any atom is -0.456 e. The Kier molecular flexibility index (Phi) is 5.36. The quantitative estimate of drug-likeness (QED) is 0.657. The van der Waals surface area contributed by atoms with Crippen LogP contribution in [-0.2, 0) is 20.7 Å². The molecule has 6 heteroatoms. The first-order valence-corrected chi connectivity index (χ1v) is 8.26. The Labute approximate surface area is 149 Å². The molecule has 1 aromatic heterocycles. The number of amides is 1. The summed E-state index contributed by atoms with van der Waals surface area (Å²) in [6, 6.07) is 14.8. The smallest absolute Gasteiger partial charge is 0.306 e. The van der Waals surface area contributed by atoms with E-state index in [0.29, 0.717) is 17.1 Å². The standard InChI is InChI=1S/C19H17ClN2O3/c20-15-6-2-4-8-17(15)22-18(23)12-25-19(24)10-9-13-11-21-16-7-3-1-5-14(13)16/h1-8,11,21H,9-10,12H2,(H,22,23). The van der Waals surface area contributed by atoms with Crippen molar-refractivity contribution in [2.24, 2.45) is 0 Å². The third-order valence-electron chi connectivity index (χ3n) is 3.79. The van der Waals surface area contributed by atoms with Gasteiger partial charge in [0.1, 0.15) is 0 Å². The van der Waals surface area contributed by atoms with Gasteiger partial charge < -0.3 is 15.0 Å². The van der Waals surface area contributed by atoms with Crippen molar-refractivity contribution in [1.82, 2.24) is 4.98 Å². The van der Waals surface area contributed by atoms with Crippen LogP contribution in [0, 0.1) is 0 Å². The van der Waals surface area contributed by atoms with Gasteiger partial charge in [-0.05, 0) is 30.2 Å². The number of carbonyl (C=O) groups excluding carboxylic acids is 2. The number of rotatable bonds is 6. The van der Waals surface area contributed by atoms with Crippen molar-refractivity contribution < 1.29 is 14.3 Å². The normalized spacial score (nSPS) is 10.6. The van der Waals surface area contributed by atoms with E-state index in [4.69, 9.17) is 16.3 Å². The Hall–Kier alpha value is -2.79. The van der Waals surface area contributed by atoms with E-state index in [1.54, 1.807) is 24.3 Å². The maximum Gasteiger partial charge on any atom is 0.306 e. The molecule has 0 atom stereocenters. The molecule has 3 aromatic rings. The number of anilines is 1. The van der Waals surface area contributed by atoms with Gasteiger partial charge in [-0.3, -0.25) is 9.59 Å². The number of H-pyrrole nitrogens is 1. The van der Waals surface area contributed by atoms with Gasteiger partial charge in [-0.15, -0.1) is 0 Å². The molecule has 0 saturated carbocycles. The van der Waals surface area contributed by atoms with Crippen molar-refractivity contribution in [2.45, 2.75) is 12.8 Å². The number of ether oxygens (including phenoxy) is 1. The van der Waals surface area contributed by atoms with E-state index >= 15 is 0 Å². The molecule has 2 N–H and O–H groups in total. The van der Waals surface area contributed by atoms with E-state index in [2.05, 4.69) is 10.3 Å². The summed E-state index contributed by atoms with van der Waals surface area (Å²) in [5, 5.41) is 4.13. The van der Waals surface area contributed by atoms with Gasteiger partial charge in [0.25, 0.3) is 5.91 Å². The number of esters is 1. The van der Waals surface area contributed by atoms with Crippen LogP contribution in [0.3, 0.4) is 0 Å². The Balaban J connectivity index is 1.46. The van der Waals surface area contributed by atoms with Gasteiger partial charge in [0, 0.05) is 23.5 Å². The Morgan fingerprint density at radius 1 is 1.08 bits per heavy atom. The highest BCUT2D eigenvalue weighted by Crippen LogP contribution is 2.20. The maximum absolute atomic E-state index is 11.9. The fourth-order valence-electron chi connectivity index (χ4n) is 2.54. The lowest BCUT2D eigenvalue weighted by Gasteiger charge is -2.07. The van der Waals surface area contributed by atoms with Gasteiger partial charge in [-0.1, -0.05) is 41.9 Å². The van der Waals surface area contributed by atoms with Gasteiger partial charge in [-0.2, -0.15) is 0 Å². The number of hydrogen-bond acceptors (Lipinski definition) is 3. The second kappa shape index (κ2) is 7.85. The second-order valence-corrected chi connectivity index (χ2v) is 5.96. The molecular formula is C19H17ClN2O3. The van der Waals surface area contributed by atoms with Crippen LogP contribution in [0.25, 0.3) is 10.9 Å². The van der Waals surface area contributed by atoms with Crippen molar-refractivity contribution >= 4 is 40.1 Å². The maximum atomic E-state index is 11.9. The largest absolute Gasteiger partial charge is 0.456 e. The van der Waals surface area contributed by atoms with Crippen LogP contribution in [0.5, 0.6) is 0 Å². The molecule has 0 unspecified atom stereocenters. The van der Waals surface area contributed by atoms with E-state index in [1.165, 1.54) is 0 Å². The zero-order valence-corrected chi connectivity index (χ0v) is 14.2. The third-order valence-corrected chi connectivity index (χ3v) is 4.12. The number of carbonyl (C=O) groups is 2. The minimum atomic E-state index is -0.423. The van der Waals surface area contributed by atoms with E-state index in [-0.39, 0.29) is 13.0 Å². The first-order valence-electron chi connectivity index (χ1n) is 7.88. The number of halogens is 1. The number of hydrogen-bond donors (Lipinski definition) is 2. The van der Waals surface area contributed by atoms with Gasteiger partial charge in [-0.25, -0.2) is 0 Å². The highest BCUT2D eigenvalue weighted by atomic mass is 35.5. The van der Waals surface area contributed by atoms with Crippen molar-refractivity contribution in [1.29, 1.82) is 0 Å². The summed E-state index contributed by atoms with van der Waals surface area (Å²) in [7, 11) is 0. The molecule has 5 nitrogen and oxygen atoms in total. The minimum absolute atomic E-state index is 0.210. The summed E-state index contributed by atoms with van der Waals surface area (Å²) in [4.78, 5) is 26.9. The van der Waals surface area contributed by atoms with Gasteiger partial charge in [0.2, 0.25) is 0 Å². The van der Waals surface area contributed by atoms with Gasteiger partial charge >= 0.3 is 5.97 Å². The zero-order chi connectivity index (χ0) is 17.6. The molecule has 0 aliphatic heterocycles. The predicted octanol–water partition coefficient (Wildman–Crippen LogP) is 3.94. The molecule has 0 spiro atoms. The molecule has 0 saturated heterocycles. The highest BCUT2D eigenvalue weighted by molar-refractivity contribution is 6.33. The van der Waals surface area contributed by atoms with E-state index in [9.17, 15) is 9.59 Å². The van der Waals surface area contributed by atoms with Crippen molar-refractivity contribution in [3.8, 4) is 0 Å². The lowest BCUT2D eigenvalue weighted by molar-refractivity contribution is -0.147.